The summed E-state index contributed by atoms with van der Waals surface area (Å²) in [5, 5.41) is 9.61. The van der Waals surface area contributed by atoms with Gasteiger partial charge in [0.2, 0.25) is 0 Å². The van der Waals surface area contributed by atoms with Gasteiger partial charge < -0.3 is 14.6 Å². The van der Waals surface area contributed by atoms with Crippen LogP contribution in [0.15, 0.2) is 29.1 Å². The van der Waals surface area contributed by atoms with Gasteiger partial charge in [0.15, 0.2) is 5.69 Å². The van der Waals surface area contributed by atoms with Crippen molar-refractivity contribution in [2.75, 3.05) is 6.54 Å². The lowest BCUT2D eigenvalue weighted by molar-refractivity contribution is -0.141. The van der Waals surface area contributed by atoms with Gasteiger partial charge in [-0.2, -0.15) is 0 Å². The maximum atomic E-state index is 13.9. The molecule has 3 heterocycles. The minimum absolute atomic E-state index is 0.123. The standard InChI is InChI=1S/C30H42N4O4/c1-20-16-17-23(33(20)22-11-6-4-3-5-7-12-22)19-21(2)34-25-14-9-8-13-24(25)31-27(29(34)36)28(35)32-18-10-15-26(32)30(37)38/h8-9,13-14,20-23,26H,3-7,10-12,15-19H2,1-2H3,(H,37,38)/t20-,21-,23-,26?/m0/s1. The van der Waals surface area contributed by atoms with Crippen molar-refractivity contribution in [3.05, 3.63) is 40.3 Å². The van der Waals surface area contributed by atoms with Gasteiger partial charge in [-0.1, -0.05) is 44.2 Å². The number of benzene rings is 1. The second-order valence-electron chi connectivity index (χ2n) is 11.7. The van der Waals surface area contributed by atoms with Crippen LogP contribution in [0.5, 0.6) is 0 Å². The topological polar surface area (TPSA) is 95.7 Å². The van der Waals surface area contributed by atoms with Gasteiger partial charge in [-0.05, 0) is 70.9 Å². The summed E-state index contributed by atoms with van der Waals surface area (Å²) in [6, 6.07) is 8.00. The number of fused-ring (bicyclic) bond motifs is 1. The van der Waals surface area contributed by atoms with Crippen molar-refractivity contribution in [2.24, 2.45) is 0 Å². The van der Waals surface area contributed by atoms with Crippen LogP contribution < -0.4 is 5.56 Å². The van der Waals surface area contributed by atoms with Crippen molar-refractivity contribution in [2.45, 2.75) is 121 Å². The number of hydrogen-bond donors (Lipinski definition) is 1. The first-order valence-electron chi connectivity index (χ1n) is 14.7. The van der Waals surface area contributed by atoms with Crippen LogP contribution in [0.25, 0.3) is 11.0 Å². The van der Waals surface area contributed by atoms with E-state index in [4.69, 9.17) is 0 Å². The van der Waals surface area contributed by atoms with E-state index in [0.29, 0.717) is 43.0 Å². The Bertz CT molecular complexity index is 1220. The summed E-state index contributed by atoms with van der Waals surface area (Å²) in [6.45, 7) is 4.76. The molecule has 8 nitrogen and oxygen atoms in total. The molecule has 1 N–H and O–H groups in total. The first kappa shape index (κ1) is 26.9. The number of rotatable bonds is 6. The Morgan fingerprint density at radius 1 is 1.00 bits per heavy atom. The van der Waals surface area contributed by atoms with Crippen LogP contribution in [-0.2, 0) is 4.79 Å². The number of nitrogens with zero attached hydrogens (tertiary/aromatic N) is 4. The smallest absolute Gasteiger partial charge is 0.326 e. The van der Waals surface area contributed by atoms with Crippen LogP contribution >= 0.6 is 0 Å². The molecule has 38 heavy (non-hydrogen) atoms. The Kier molecular flexibility index (Phi) is 8.17. The lowest BCUT2D eigenvalue weighted by Gasteiger charge is -2.38. The zero-order valence-electron chi connectivity index (χ0n) is 22.8. The summed E-state index contributed by atoms with van der Waals surface area (Å²) < 4.78 is 1.75. The minimum atomic E-state index is -1.03. The number of carboxylic acid groups (broad SMARTS) is 1. The Labute approximate surface area is 225 Å². The van der Waals surface area contributed by atoms with Gasteiger partial charge in [-0.25, -0.2) is 9.78 Å². The highest BCUT2D eigenvalue weighted by molar-refractivity contribution is 5.96. The predicted molar refractivity (Wildman–Crippen MR) is 147 cm³/mol. The Morgan fingerprint density at radius 3 is 2.45 bits per heavy atom. The Morgan fingerprint density at radius 2 is 1.71 bits per heavy atom. The second kappa shape index (κ2) is 11.6. The molecule has 8 heteroatoms. The maximum absolute atomic E-state index is 13.9. The number of carbonyl (C=O) groups excluding carboxylic acids is 1. The highest BCUT2D eigenvalue weighted by Crippen LogP contribution is 2.36. The fraction of sp³-hybridized carbons (Fsp3) is 0.667. The molecule has 1 unspecified atom stereocenters. The first-order valence-corrected chi connectivity index (χ1v) is 14.7. The second-order valence-corrected chi connectivity index (χ2v) is 11.7. The zero-order valence-corrected chi connectivity index (χ0v) is 22.8. The molecule has 2 saturated heterocycles. The van der Waals surface area contributed by atoms with Crippen molar-refractivity contribution in [1.82, 2.24) is 19.4 Å². The highest BCUT2D eigenvalue weighted by Gasteiger charge is 2.38. The van der Waals surface area contributed by atoms with E-state index in [0.717, 1.165) is 18.4 Å². The van der Waals surface area contributed by atoms with Crippen molar-refractivity contribution < 1.29 is 14.7 Å². The van der Waals surface area contributed by atoms with E-state index in [1.807, 2.05) is 24.3 Å². The van der Waals surface area contributed by atoms with Gasteiger partial charge >= 0.3 is 5.97 Å². The van der Waals surface area contributed by atoms with Gasteiger partial charge in [0, 0.05) is 30.7 Å². The summed E-state index contributed by atoms with van der Waals surface area (Å²) in [5.74, 6) is -1.60. The fourth-order valence-electron chi connectivity index (χ4n) is 7.35. The van der Waals surface area contributed by atoms with E-state index in [9.17, 15) is 19.5 Å². The molecule has 3 aliphatic rings. The average molecular weight is 523 g/mol. The SMILES string of the molecule is C[C@H]1CC[C@@H](C[C@H](C)n2c(=O)c(C(=O)N3CCCC3C(=O)O)nc3ccccc32)N1C1CCCCCCC1. The monoisotopic (exact) mass is 522 g/mol. The highest BCUT2D eigenvalue weighted by atomic mass is 16.4. The lowest BCUT2D eigenvalue weighted by Crippen LogP contribution is -2.45. The predicted octanol–water partition coefficient (Wildman–Crippen LogP) is 5.00. The van der Waals surface area contributed by atoms with E-state index in [1.165, 1.54) is 56.3 Å². The molecule has 1 aliphatic carbocycles. The Hall–Kier alpha value is -2.74. The Balaban J connectivity index is 1.46. The molecule has 1 aromatic carbocycles. The van der Waals surface area contributed by atoms with Gasteiger partial charge in [-0.3, -0.25) is 14.5 Å². The van der Waals surface area contributed by atoms with Crippen LogP contribution in [0.4, 0.5) is 0 Å². The van der Waals surface area contributed by atoms with Gasteiger partial charge in [0.25, 0.3) is 11.5 Å². The van der Waals surface area contributed by atoms with Crippen LogP contribution in [0, 0.1) is 0 Å². The average Bonchev–Trinajstić information content (AvgIpc) is 3.51. The molecule has 0 bridgehead atoms. The summed E-state index contributed by atoms with van der Waals surface area (Å²) in [5.41, 5.74) is 0.729. The van der Waals surface area contributed by atoms with Crippen molar-refractivity contribution in [1.29, 1.82) is 0 Å². The first-order chi connectivity index (χ1) is 18.4. The van der Waals surface area contributed by atoms with E-state index in [2.05, 4.69) is 23.7 Å². The van der Waals surface area contributed by atoms with Gasteiger partial charge in [0.1, 0.15) is 6.04 Å². The third-order valence-corrected chi connectivity index (χ3v) is 9.19. The summed E-state index contributed by atoms with van der Waals surface area (Å²) >= 11 is 0. The molecule has 2 aliphatic heterocycles. The third kappa shape index (κ3) is 5.24. The molecule has 0 spiro atoms. The lowest BCUT2D eigenvalue weighted by atomic mass is 9.94. The number of para-hydroxylation sites is 2. The molecule has 1 saturated carbocycles. The van der Waals surface area contributed by atoms with Gasteiger partial charge in [0.05, 0.1) is 11.0 Å². The van der Waals surface area contributed by atoms with Crippen molar-refractivity contribution in [3.63, 3.8) is 0 Å². The summed E-state index contributed by atoms with van der Waals surface area (Å²) in [7, 11) is 0. The number of likely N-dealkylation sites (tertiary alicyclic amines) is 2. The van der Waals surface area contributed by atoms with Crippen molar-refractivity contribution >= 4 is 22.9 Å². The van der Waals surface area contributed by atoms with E-state index >= 15 is 0 Å². The molecule has 3 fully saturated rings. The molecular weight excluding hydrogens is 480 g/mol. The van der Waals surface area contributed by atoms with Crippen LogP contribution in [0.3, 0.4) is 0 Å². The van der Waals surface area contributed by atoms with Crippen LogP contribution in [0.1, 0.15) is 107 Å². The molecular formula is C30H42N4O4. The normalized spacial score (nSPS) is 26.4. The van der Waals surface area contributed by atoms with E-state index in [1.54, 1.807) is 4.57 Å². The number of amides is 1. The molecule has 206 valence electrons. The summed E-state index contributed by atoms with van der Waals surface area (Å²) in [6.07, 6.45) is 13.3. The molecule has 4 atom stereocenters. The summed E-state index contributed by atoms with van der Waals surface area (Å²) in [4.78, 5) is 47.7. The number of carboxylic acids is 1. The number of aliphatic carboxylic acids is 1. The number of carbonyl (C=O) groups is 2. The van der Waals surface area contributed by atoms with Crippen LogP contribution in [0.2, 0.25) is 0 Å². The van der Waals surface area contributed by atoms with Crippen LogP contribution in [-0.4, -0.2) is 67.0 Å². The molecule has 2 aromatic rings. The maximum Gasteiger partial charge on any atom is 0.326 e. The number of hydrogen-bond acceptors (Lipinski definition) is 5. The molecule has 5 rings (SSSR count). The van der Waals surface area contributed by atoms with Crippen molar-refractivity contribution in [3.8, 4) is 0 Å². The molecule has 1 amide bonds. The number of aromatic nitrogens is 2. The van der Waals surface area contributed by atoms with E-state index < -0.39 is 23.5 Å². The molecule has 0 radical (unpaired) electrons. The zero-order chi connectivity index (χ0) is 26.8. The van der Waals surface area contributed by atoms with E-state index in [-0.39, 0.29) is 11.7 Å². The minimum Gasteiger partial charge on any atom is -0.480 e. The molecule has 1 aromatic heterocycles. The van der Waals surface area contributed by atoms with Gasteiger partial charge in [-0.15, -0.1) is 0 Å². The third-order valence-electron chi connectivity index (χ3n) is 9.19. The fourth-order valence-corrected chi connectivity index (χ4v) is 7.35. The largest absolute Gasteiger partial charge is 0.480 e. The quantitative estimate of drug-likeness (QED) is 0.573.